The molecule has 1 atom stereocenters. The van der Waals surface area contributed by atoms with E-state index in [1.807, 2.05) is 51.2 Å². The van der Waals surface area contributed by atoms with Crippen molar-refractivity contribution in [2.24, 2.45) is 10.9 Å². The number of nitrogens with one attached hydrogen (secondary N) is 2. The molecular formula is C22H33IN4O3. The molecule has 2 aromatic rings. The van der Waals surface area contributed by atoms with Crippen molar-refractivity contribution in [3.8, 4) is 5.88 Å². The van der Waals surface area contributed by atoms with Crippen molar-refractivity contribution < 1.29 is 13.9 Å². The predicted molar refractivity (Wildman–Crippen MR) is 129 cm³/mol. The van der Waals surface area contributed by atoms with E-state index in [1.54, 1.807) is 6.26 Å². The molecule has 1 aliphatic heterocycles. The Hall–Kier alpha value is -1.81. The highest BCUT2D eigenvalue weighted by Gasteiger charge is 2.16. The van der Waals surface area contributed by atoms with E-state index in [9.17, 15) is 0 Å². The lowest BCUT2D eigenvalue weighted by molar-refractivity contribution is 0.124. The Morgan fingerprint density at radius 1 is 1.27 bits per heavy atom. The zero-order valence-electron chi connectivity index (χ0n) is 18.0. The maximum Gasteiger partial charge on any atom is 0.213 e. The first-order valence-corrected chi connectivity index (χ1v) is 10.2. The van der Waals surface area contributed by atoms with Gasteiger partial charge in [-0.25, -0.2) is 9.98 Å². The second kappa shape index (κ2) is 12.1. The van der Waals surface area contributed by atoms with E-state index in [0.29, 0.717) is 18.3 Å². The van der Waals surface area contributed by atoms with Crippen LogP contribution in [-0.4, -0.2) is 42.8 Å². The lowest BCUT2D eigenvalue weighted by Crippen LogP contribution is -2.40. The molecule has 1 unspecified atom stereocenters. The molecule has 0 saturated carbocycles. The van der Waals surface area contributed by atoms with Gasteiger partial charge in [-0.1, -0.05) is 6.07 Å². The second-order valence-corrected chi connectivity index (χ2v) is 8.25. The second-order valence-electron chi connectivity index (χ2n) is 8.25. The van der Waals surface area contributed by atoms with E-state index in [0.717, 1.165) is 56.4 Å². The van der Waals surface area contributed by atoms with Crippen molar-refractivity contribution in [1.82, 2.24) is 15.6 Å². The minimum absolute atomic E-state index is 0. The number of aliphatic imine (C=N–C) groups is 1. The van der Waals surface area contributed by atoms with Gasteiger partial charge in [0, 0.05) is 44.3 Å². The van der Waals surface area contributed by atoms with Crippen LogP contribution in [0.1, 0.15) is 38.5 Å². The zero-order valence-corrected chi connectivity index (χ0v) is 20.3. The van der Waals surface area contributed by atoms with Crippen LogP contribution in [0.2, 0.25) is 0 Å². The van der Waals surface area contributed by atoms with Crippen LogP contribution in [-0.2, 0) is 17.7 Å². The fourth-order valence-electron chi connectivity index (χ4n) is 2.97. The molecule has 0 bridgehead atoms. The van der Waals surface area contributed by atoms with Gasteiger partial charge in [-0.2, -0.15) is 0 Å². The molecule has 3 rings (SSSR count). The average molecular weight is 528 g/mol. The van der Waals surface area contributed by atoms with Crippen LogP contribution < -0.4 is 15.4 Å². The first-order valence-electron chi connectivity index (χ1n) is 10.2. The molecule has 3 heterocycles. The molecule has 0 spiro atoms. The summed E-state index contributed by atoms with van der Waals surface area (Å²) in [5.74, 6) is 2.90. The number of rotatable bonds is 8. The molecule has 0 radical (unpaired) electrons. The van der Waals surface area contributed by atoms with Crippen LogP contribution in [0.3, 0.4) is 0 Å². The molecule has 2 N–H and O–H groups in total. The van der Waals surface area contributed by atoms with Crippen LogP contribution >= 0.6 is 24.0 Å². The van der Waals surface area contributed by atoms with Gasteiger partial charge in [-0.05, 0) is 44.9 Å². The molecular weight excluding hydrogens is 495 g/mol. The summed E-state index contributed by atoms with van der Waals surface area (Å²) in [6.45, 7) is 9.82. The fourth-order valence-corrected chi connectivity index (χ4v) is 2.97. The number of guanidine groups is 1. The van der Waals surface area contributed by atoms with Crippen LogP contribution in [0.25, 0.3) is 0 Å². The largest absolute Gasteiger partial charge is 0.472 e. The number of hydrogen-bond donors (Lipinski definition) is 2. The Balaban J connectivity index is 0.00000320. The van der Waals surface area contributed by atoms with E-state index in [-0.39, 0.29) is 29.6 Å². The predicted octanol–water partition coefficient (Wildman–Crippen LogP) is 3.78. The van der Waals surface area contributed by atoms with Crippen molar-refractivity contribution in [3.05, 3.63) is 48.0 Å². The van der Waals surface area contributed by atoms with Crippen LogP contribution in [0.15, 0.2) is 46.1 Å². The topological polar surface area (TPSA) is 80.9 Å². The number of hydrogen-bond acceptors (Lipinski definition) is 5. The maximum atomic E-state index is 5.77. The molecule has 8 heteroatoms. The van der Waals surface area contributed by atoms with E-state index in [1.165, 1.54) is 0 Å². The van der Waals surface area contributed by atoms with Crippen molar-refractivity contribution in [1.29, 1.82) is 0 Å². The minimum atomic E-state index is -0.258. The van der Waals surface area contributed by atoms with Gasteiger partial charge in [0.05, 0.1) is 19.4 Å². The molecule has 0 aliphatic carbocycles. The number of pyridine rings is 1. The van der Waals surface area contributed by atoms with Gasteiger partial charge in [0.2, 0.25) is 5.88 Å². The molecule has 0 amide bonds. The Bertz CT molecular complexity index is 752. The van der Waals surface area contributed by atoms with Gasteiger partial charge in [0.15, 0.2) is 5.96 Å². The monoisotopic (exact) mass is 528 g/mol. The molecule has 166 valence electrons. The Kier molecular flexibility index (Phi) is 9.90. The molecule has 0 aromatic carbocycles. The third kappa shape index (κ3) is 8.91. The first-order chi connectivity index (χ1) is 14.0. The van der Waals surface area contributed by atoms with Gasteiger partial charge < -0.3 is 24.5 Å². The number of furan rings is 1. The summed E-state index contributed by atoms with van der Waals surface area (Å²) in [6, 6.07) is 7.78. The van der Waals surface area contributed by atoms with Crippen molar-refractivity contribution in [2.75, 3.05) is 26.3 Å². The van der Waals surface area contributed by atoms with Gasteiger partial charge in [-0.3, -0.25) is 0 Å². The maximum absolute atomic E-state index is 5.77. The lowest BCUT2D eigenvalue weighted by atomic mass is 10.1. The van der Waals surface area contributed by atoms with E-state index in [2.05, 4.69) is 15.6 Å². The summed E-state index contributed by atoms with van der Waals surface area (Å²) in [6.07, 6.45) is 5.41. The number of halogens is 1. The Morgan fingerprint density at radius 3 is 2.77 bits per heavy atom. The van der Waals surface area contributed by atoms with Crippen molar-refractivity contribution >= 4 is 29.9 Å². The molecule has 30 heavy (non-hydrogen) atoms. The number of ether oxygens (including phenoxy) is 2. The van der Waals surface area contributed by atoms with E-state index >= 15 is 0 Å². The summed E-state index contributed by atoms with van der Waals surface area (Å²) in [5, 5.41) is 6.83. The summed E-state index contributed by atoms with van der Waals surface area (Å²) in [5.41, 5.74) is 0.772. The quantitative estimate of drug-likeness (QED) is 0.309. The third-order valence-corrected chi connectivity index (χ3v) is 4.45. The first kappa shape index (κ1) is 24.5. The van der Waals surface area contributed by atoms with E-state index in [4.69, 9.17) is 18.9 Å². The molecule has 2 aromatic heterocycles. The standard InChI is InChI=1S/C22H32N4O3.HI/c1-22(2,3)29-20-7-6-17(13-24-20)14-25-21(26-15-18-9-12-27-16-18)23-10-8-19-5-4-11-28-19;/h4-7,11,13,18H,8-10,12,14-16H2,1-3H3,(H2,23,25,26);1H. The molecule has 1 fully saturated rings. The zero-order chi connectivity index (χ0) is 20.5. The van der Waals surface area contributed by atoms with Gasteiger partial charge in [0.25, 0.3) is 0 Å². The van der Waals surface area contributed by atoms with Crippen LogP contribution in [0.5, 0.6) is 5.88 Å². The number of aromatic nitrogens is 1. The van der Waals surface area contributed by atoms with Gasteiger partial charge in [-0.15, -0.1) is 24.0 Å². The molecule has 1 saturated heterocycles. The average Bonchev–Trinajstić information content (AvgIpc) is 3.37. The third-order valence-electron chi connectivity index (χ3n) is 4.45. The van der Waals surface area contributed by atoms with Crippen LogP contribution in [0.4, 0.5) is 0 Å². The smallest absolute Gasteiger partial charge is 0.213 e. The summed E-state index contributed by atoms with van der Waals surface area (Å²) in [4.78, 5) is 9.11. The van der Waals surface area contributed by atoms with Crippen molar-refractivity contribution in [3.63, 3.8) is 0 Å². The highest BCUT2D eigenvalue weighted by atomic mass is 127. The SMILES string of the molecule is CC(C)(C)Oc1ccc(CN=C(NCCc2ccco2)NCC2CCOC2)cn1.I. The summed E-state index contributed by atoms with van der Waals surface area (Å²) in [7, 11) is 0. The van der Waals surface area contributed by atoms with Crippen LogP contribution in [0, 0.1) is 5.92 Å². The van der Waals surface area contributed by atoms with E-state index < -0.39 is 0 Å². The fraction of sp³-hybridized carbons (Fsp3) is 0.545. The Morgan fingerprint density at radius 2 is 2.13 bits per heavy atom. The molecule has 7 nitrogen and oxygen atoms in total. The lowest BCUT2D eigenvalue weighted by Gasteiger charge is -2.20. The van der Waals surface area contributed by atoms with Crippen molar-refractivity contribution in [2.45, 2.75) is 45.8 Å². The van der Waals surface area contributed by atoms with Gasteiger partial charge >= 0.3 is 0 Å². The number of nitrogens with zero attached hydrogens (tertiary/aromatic N) is 2. The summed E-state index contributed by atoms with van der Waals surface area (Å²) < 4.78 is 16.6. The normalized spacial score (nSPS) is 16.8. The highest BCUT2D eigenvalue weighted by Crippen LogP contribution is 2.15. The minimum Gasteiger partial charge on any atom is -0.472 e. The summed E-state index contributed by atoms with van der Waals surface area (Å²) >= 11 is 0. The Labute approximate surface area is 196 Å². The molecule has 1 aliphatic rings. The van der Waals surface area contributed by atoms with Gasteiger partial charge in [0.1, 0.15) is 11.4 Å². The highest BCUT2D eigenvalue weighted by molar-refractivity contribution is 14.0.